The summed E-state index contributed by atoms with van der Waals surface area (Å²) in [5.41, 5.74) is 3.74. The quantitative estimate of drug-likeness (QED) is 0.912. The van der Waals surface area contributed by atoms with Gasteiger partial charge in [-0.3, -0.25) is 0 Å². The van der Waals surface area contributed by atoms with Crippen LogP contribution in [0.4, 0.5) is 0 Å². The second kappa shape index (κ2) is 5.48. The minimum Gasteiger partial charge on any atom is -0.384 e. The molecule has 0 aromatic heterocycles. The van der Waals surface area contributed by atoms with E-state index in [1.165, 1.54) is 24.8 Å². The standard InChI is InChI=1S/C18H17NO/c19-12-13-8-10-15(11-9-13)18(20)17-7-2-1-6-16(17)14-4-3-5-14/h1-2,6-11,14,18,20H,3-5H2. The number of benzene rings is 2. The van der Waals surface area contributed by atoms with Gasteiger partial charge in [-0.1, -0.05) is 42.8 Å². The van der Waals surface area contributed by atoms with Crippen LogP contribution in [-0.2, 0) is 0 Å². The molecule has 2 heteroatoms. The lowest BCUT2D eigenvalue weighted by Gasteiger charge is -2.29. The van der Waals surface area contributed by atoms with Crippen molar-refractivity contribution in [3.63, 3.8) is 0 Å². The second-order valence-corrected chi connectivity index (χ2v) is 5.39. The van der Waals surface area contributed by atoms with Crippen LogP contribution >= 0.6 is 0 Å². The zero-order valence-electron chi connectivity index (χ0n) is 11.3. The second-order valence-electron chi connectivity index (χ2n) is 5.39. The lowest BCUT2D eigenvalue weighted by atomic mass is 9.77. The van der Waals surface area contributed by atoms with E-state index in [0.29, 0.717) is 11.5 Å². The molecule has 0 radical (unpaired) electrons. The molecular weight excluding hydrogens is 246 g/mol. The van der Waals surface area contributed by atoms with Crippen molar-refractivity contribution in [2.45, 2.75) is 31.3 Å². The average molecular weight is 263 g/mol. The summed E-state index contributed by atoms with van der Waals surface area (Å²) in [4.78, 5) is 0. The van der Waals surface area contributed by atoms with Crippen molar-refractivity contribution in [2.75, 3.05) is 0 Å². The molecule has 2 aromatic rings. The molecule has 0 amide bonds. The third kappa shape index (κ3) is 2.33. The first-order chi connectivity index (χ1) is 9.79. The monoisotopic (exact) mass is 263 g/mol. The first kappa shape index (κ1) is 12.9. The Kier molecular flexibility index (Phi) is 3.54. The number of hydrogen-bond acceptors (Lipinski definition) is 2. The van der Waals surface area contributed by atoms with Crippen molar-refractivity contribution in [3.05, 3.63) is 70.8 Å². The van der Waals surface area contributed by atoms with Crippen LogP contribution in [0.5, 0.6) is 0 Å². The van der Waals surface area contributed by atoms with Gasteiger partial charge in [0.25, 0.3) is 0 Å². The van der Waals surface area contributed by atoms with E-state index >= 15 is 0 Å². The maximum absolute atomic E-state index is 10.6. The topological polar surface area (TPSA) is 44.0 Å². The van der Waals surface area contributed by atoms with E-state index in [-0.39, 0.29) is 0 Å². The van der Waals surface area contributed by atoms with E-state index in [1.54, 1.807) is 12.1 Å². The molecule has 1 N–H and O–H groups in total. The Morgan fingerprint density at radius 3 is 2.35 bits per heavy atom. The smallest absolute Gasteiger partial charge is 0.104 e. The Balaban J connectivity index is 1.93. The highest BCUT2D eigenvalue weighted by Crippen LogP contribution is 2.40. The Morgan fingerprint density at radius 1 is 1.05 bits per heavy atom. The predicted octanol–water partition coefficient (Wildman–Crippen LogP) is 3.91. The summed E-state index contributed by atoms with van der Waals surface area (Å²) in [5, 5.41) is 19.4. The Morgan fingerprint density at radius 2 is 1.75 bits per heavy atom. The summed E-state index contributed by atoms with van der Waals surface area (Å²) in [7, 11) is 0. The first-order valence-corrected chi connectivity index (χ1v) is 7.06. The van der Waals surface area contributed by atoms with E-state index in [0.717, 1.165) is 11.1 Å². The number of rotatable bonds is 3. The van der Waals surface area contributed by atoms with Gasteiger partial charge in [-0.05, 0) is 47.6 Å². The van der Waals surface area contributed by atoms with E-state index in [9.17, 15) is 5.11 Å². The summed E-state index contributed by atoms with van der Waals surface area (Å²) in [6.45, 7) is 0. The van der Waals surface area contributed by atoms with Gasteiger partial charge >= 0.3 is 0 Å². The molecule has 20 heavy (non-hydrogen) atoms. The van der Waals surface area contributed by atoms with Crippen molar-refractivity contribution < 1.29 is 5.11 Å². The third-order valence-electron chi connectivity index (χ3n) is 4.19. The molecule has 0 saturated heterocycles. The Labute approximate surface area is 119 Å². The SMILES string of the molecule is N#Cc1ccc(C(O)c2ccccc2C2CCC2)cc1. The zero-order chi connectivity index (χ0) is 13.9. The fourth-order valence-corrected chi connectivity index (χ4v) is 2.77. The van der Waals surface area contributed by atoms with Gasteiger partial charge in [0.15, 0.2) is 0 Å². The largest absolute Gasteiger partial charge is 0.384 e. The van der Waals surface area contributed by atoms with Crippen molar-refractivity contribution in [2.24, 2.45) is 0 Å². The summed E-state index contributed by atoms with van der Waals surface area (Å²) in [6.07, 6.45) is 3.11. The van der Waals surface area contributed by atoms with Crippen LogP contribution in [0.1, 0.15) is 53.5 Å². The third-order valence-corrected chi connectivity index (χ3v) is 4.19. The molecule has 3 rings (SSSR count). The summed E-state index contributed by atoms with van der Waals surface area (Å²) in [6, 6.07) is 17.4. The van der Waals surface area contributed by atoms with Crippen LogP contribution < -0.4 is 0 Å². The summed E-state index contributed by atoms with van der Waals surface area (Å²) in [5.74, 6) is 0.597. The molecule has 1 saturated carbocycles. The number of aliphatic hydroxyl groups excluding tert-OH is 1. The van der Waals surface area contributed by atoms with Crippen LogP contribution in [0.25, 0.3) is 0 Å². The van der Waals surface area contributed by atoms with E-state index in [1.807, 2.05) is 30.3 Å². The van der Waals surface area contributed by atoms with Crippen molar-refractivity contribution in [1.29, 1.82) is 5.26 Å². The zero-order valence-corrected chi connectivity index (χ0v) is 11.3. The molecule has 1 unspecified atom stereocenters. The van der Waals surface area contributed by atoms with Crippen LogP contribution in [0.3, 0.4) is 0 Å². The lowest BCUT2D eigenvalue weighted by molar-refractivity contribution is 0.217. The van der Waals surface area contributed by atoms with Crippen molar-refractivity contribution >= 4 is 0 Å². The molecule has 0 heterocycles. The fraction of sp³-hybridized carbons (Fsp3) is 0.278. The van der Waals surface area contributed by atoms with Gasteiger partial charge in [0.2, 0.25) is 0 Å². The van der Waals surface area contributed by atoms with Crippen LogP contribution in [-0.4, -0.2) is 5.11 Å². The number of hydrogen-bond donors (Lipinski definition) is 1. The molecular formula is C18H17NO. The molecule has 0 bridgehead atoms. The number of nitrogens with zero attached hydrogens (tertiary/aromatic N) is 1. The van der Waals surface area contributed by atoms with Crippen molar-refractivity contribution in [1.82, 2.24) is 0 Å². The van der Waals surface area contributed by atoms with Gasteiger partial charge in [-0.15, -0.1) is 0 Å². The number of nitriles is 1. The van der Waals surface area contributed by atoms with E-state index < -0.39 is 6.10 Å². The Bertz CT molecular complexity index is 635. The highest BCUT2D eigenvalue weighted by atomic mass is 16.3. The molecule has 0 aliphatic heterocycles. The molecule has 100 valence electrons. The Hall–Kier alpha value is -2.11. The fourth-order valence-electron chi connectivity index (χ4n) is 2.77. The number of aliphatic hydroxyl groups is 1. The van der Waals surface area contributed by atoms with Crippen molar-refractivity contribution in [3.8, 4) is 6.07 Å². The molecule has 1 atom stereocenters. The maximum Gasteiger partial charge on any atom is 0.104 e. The van der Waals surface area contributed by atoms with Gasteiger partial charge in [0.1, 0.15) is 6.10 Å². The van der Waals surface area contributed by atoms with Gasteiger partial charge < -0.3 is 5.11 Å². The maximum atomic E-state index is 10.6. The minimum atomic E-state index is -0.612. The molecule has 0 spiro atoms. The molecule has 2 aromatic carbocycles. The van der Waals surface area contributed by atoms with E-state index in [4.69, 9.17) is 5.26 Å². The van der Waals surface area contributed by atoms with Gasteiger partial charge in [-0.2, -0.15) is 5.26 Å². The molecule has 1 fully saturated rings. The van der Waals surface area contributed by atoms with Gasteiger partial charge in [0.05, 0.1) is 11.6 Å². The highest BCUT2D eigenvalue weighted by Gasteiger charge is 2.24. The first-order valence-electron chi connectivity index (χ1n) is 7.06. The van der Waals surface area contributed by atoms with Crippen LogP contribution in [0.15, 0.2) is 48.5 Å². The van der Waals surface area contributed by atoms with Gasteiger partial charge in [-0.25, -0.2) is 0 Å². The van der Waals surface area contributed by atoms with E-state index in [2.05, 4.69) is 12.1 Å². The normalized spacial score (nSPS) is 16.2. The summed E-state index contributed by atoms with van der Waals surface area (Å²) >= 11 is 0. The predicted molar refractivity (Wildman–Crippen MR) is 78.3 cm³/mol. The van der Waals surface area contributed by atoms with Crippen LogP contribution in [0.2, 0.25) is 0 Å². The molecule has 1 aliphatic carbocycles. The molecule has 1 aliphatic rings. The minimum absolute atomic E-state index is 0.597. The lowest BCUT2D eigenvalue weighted by Crippen LogP contribution is -2.13. The average Bonchev–Trinajstić information content (AvgIpc) is 2.45. The molecule has 2 nitrogen and oxygen atoms in total. The highest BCUT2D eigenvalue weighted by molar-refractivity contribution is 5.40. The van der Waals surface area contributed by atoms with Crippen LogP contribution in [0, 0.1) is 11.3 Å². The summed E-state index contributed by atoms with van der Waals surface area (Å²) < 4.78 is 0. The van der Waals surface area contributed by atoms with Gasteiger partial charge in [0, 0.05) is 0 Å².